The Bertz CT molecular complexity index is 1150. The molecule has 0 bridgehead atoms. The van der Waals surface area contributed by atoms with Crippen molar-refractivity contribution in [2.45, 2.75) is 57.6 Å². The average Bonchev–Trinajstić information content (AvgIpc) is 3.46. The van der Waals surface area contributed by atoms with Crippen LogP contribution >= 0.6 is 0 Å². The fraction of sp³-hybridized carbons (Fsp3) is 0.333. The Kier molecular flexibility index (Phi) is 5.68. The summed E-state index contributed by atoms with van der Waals surface area (Å²) in [5.41, 5.74) is 1.73. The molecule has 2 amide bonds. The van der Waals surface area contributed by atoms with Crippen molar-refractivity contribution in [1.29, 1.82) is 0 Å². The van der Waals surface area contributed by atoms with Gasteiger partial charge in [-0.25, -0.2) is 4.79 Å². The largest absolute Gasteiger partial charge is 0.444 e. The van der Waals surface area contributed by atoms with Gasteiger partial charge < -0.3 is 15.4 Å². The van der Waals surface area contributed by atoms with Crippen LogP contribution < -0.4 is 10.6 Å². The van der Waals surface area contributed by atoms with Crippen LogP contribution in [0.1, 0.15) is 62.4 Å². The zero-order chi connectivity index (χ0) is 22.9. The van der Waals surface area contributed by atoms with E-state index in [9.17, 15) is 9.59 Å². The van der Waals surface area contributed by atoms with Crippen molar-refractivity contribution < 1.29 is 14.3 Å². The van der Waals surface area contributed by atoms with Crippen molar-refractivity contribution in [3.8, 4) is 0 Å². The highest BCUT2D eigenvalue weighted by Gasteiger charge is 2.55. The smallest absolute Gasteiger partial charge is 0.408 e. The molecule has 1 fully saturated rings. The van der Waals surface area contributed by atoms with Crippen LogP contribution in [-0.2, 0) is 4.74 Å². The first kappa shape index (κ1) is 21.9. The van der Waals surface area contributed by atoms with E-state index in [1.54, 1.807) is 0 Å². The van der Waals surface area contributed by atoms with E-state index in [0.717, 1.165) is 34.9 Å². The molecule has 0 heterocycles. The van der Waals surface area contributed by atoms with E-state index in [2.05, 4.69) is 17.6 Å². The second-order valence-electron chi connectivity index (χ2n) is 9.53. The predicted molar refractivity (Wildman–Crippen MR) is 128 cm³/mol. The quantitative estimate of drug-likeness (QED) is 0.502. The molecule has 0 aromatic heterocycles. The molecule has 0 aliphatic heterocycles. The number of anilines is 1. The SMILES string of the molecule is CCC1(NC(=O)OC(C)(C)C)CC1c1ccc(NC(=O)c2ccc3ccccc3c2)cc1. The molecular weight excluding hydrogens is 400 g/mol. The highest BCUT2D eigenvalue weighted by molar-refractivity contribution is 6.06. The van der Waals surface area contributed by atoms with Gasteiger partial charge in [-0.1, -0.05) is 49.4 Å². The fourth-order valence-corrected chi connectivity index (χ4v) is 4.20. The third-order valence-electron chi connectivity index (χ3n) is 6.04. The number of ether oxygens (including phenoxy) is 1. The Morgan fingerprint density at radius 2 is 1.69 bits per heavy atom. The Balaban J connectivity index is 1.40. The molecule has 166 valence electrons. The number of rotatable bonds is 5. The first-order valence-electron chi connectivity index (χ1n) is 11.1. The molecule has 2 unspecified atom stereocenters. The van der Waals surface area contributed by atoms with Gasteiger partial charge in [0.15, 0.2) is 0 Å². The van der Waals surface area contributed by atoms with Crippen LogP contribution in [0.2, 0.25) is 0 Å². The van der Waals surface area contributed by atoms with Gasteiger partial charge in [0.25, 0.3) is 5.91 Å². The van der Waals surface area contributed by atoms with Crippen LogP contribution in [0.15, 0.2) is 66.7 Å². The lowest BCUT2D eigenvalue weighted by atomic mass is 10.0. The van der Waals surface area contributed by atoms with Gasteiger partial charge in [-0.05, 0) is 74.2 Å². The van der Waals surface area contributed by atoms with Crippen LogP contribution in [0, 0.1) is 0 Å². The van der Waals surface area contributed by atoms with Gasteiger partial charge in [0, 0.05) is 17.2 Å². The number of amides is 2. The molecule has 1 saturated carbocycles. The molecule has 0 spiro atoms. The van der Waals surface area contributed by atoms with E-state index >= 15 is 0 Å². The highest BCUT2D eigenvalue weighted by Crippen LogP contribution is 2.53. The van der Waals surface area contributed by atoms with Crippen molar-refractivity contribution in [3.05, 3.63) is 77.9 Å². The van der Waals surface area contributed by atoms with Crippen LogP contribution in [0.4, 0.5) is 10.5 Å². The number of carbonyl (C=O) groups excluding carboxylic acids is 2. The molecule has 3 aromatic rings. The number of nitrogens with one attached hydrogen (secondary N) is 2. The fourth-order valence-electron chi connectivity index (χ4n) is 4.20. The lowest BCUT2D eigenvalue weighted by molar-refractivity contribution is 0.0492. The summed E-state index contributed by atoms with van der Waals surface area (Å²) >= 11 is 0. The summed E-state index contributed by atoms with van der Waals surface area (Å²) in [5.74, 6) is 0.106. The summed E-state index contributed by atoms with van der Waals surface area (Å²) in [4.78, 5) is 25.0. The Hall–Kier alpha value is -3.34. The van der Waals surface area contributed by atoms with Crippen molar-refractivity contribution in [2.24, 2.45) is 0 Å². The van der Waals surface area contributed by atoms with E-state index in [1.807, 2.05) is 87.5 Å². The normalized spacial score (nSPS) is 19.9. The first-order valence-corrected chi connectivity index (χ1v) is 11.1. The molecule has 0 radical (unpaired) electrons. The second kappa shape index (κ2) is 8.30. The third kappa shape index (κ3) is 4.77. The van der Waals surface area contributed by atoms with Crippen molar-refractivity contribution in [1.82, 2.24) is 5.32 Å². The van der Waals surface area contributed by atoms with E-state index in [0.29, 0.717) is 5.56 Å². The summed E-state index contributed by atoms with van der Waals surface area (Å²) in [6.45, 7) is 7.66. The zero-order valence-electron chi connectivity index (χ0n) is 19.1. The Morgan fingerprint density at radius 1 is 1.00 bits per heavy atom. The Morgan fingerprint density at radius 3 is 2.34 bits per heavy atom. The topological polar surface area (TPSA) is 67.4 Å². The number of benzene rings is 3. The molecule has 2 N–H and O–H groups in total. The molecule has 4 rings (SSSR count). The number of alkyl carbamates (subject to hydrolysis) is 1. The maximum absolute atomic E-state index is 12.7. The highest BCUT2D eigenvalue weighted by atomic mass is 16.6. The molecule has 5 nitrogen and oxygen atoms in total. The Labute approximate surface area is 189 Å². The molecule has 32 heavy (non-hydrogen) atoms. The minimum Gasteiger partial charge on any atom is -0.444 e. The maximum Gasteiger partial charge on any atom is 0.408 e. The summed E-state index contributed by atoms with van der Waals surface area (Å²) in [6, 6.07) is 21.6. The minimum atomic E-state index is -0.520. The monoisotopic (exact) mass is 430 g/mol. The number of carbonyl (C=O) groups is 2. The third-order valence-corrected chi connectivity index (χ3v) is 6.04. The molecule has 1 aliphatic rings. The summed E-state index contributed by atoms with van der Waals surface area (Å²) < 4.78 is 5.43. The minimum absolute atomic E-state index is 0.135. The molecule has 3 aromatic carbocycles. The molecule has 1 aliphatic carbocycles. The van der Waals surface area contributed by atoms with Crippen LogP contribution in [-0.4, -0.2) is 23.1 Å². The van der Waals surface area contributed by atoms with E-state index < -0.39 is 5.60 Å². The molecular formula is C27H30N2O3. The molecule has 0 saturated heterocycles. The average molecular weight is 431 g/mol. The van der Waals surface area contributed by atoms with Crippen LogP contribution in [0.3, 0.4) is 0 Å². The lowest BCUT2D eigenvalue weighted by Gasteiger charge is -2.23. The van der Waals surface area contributed by atoms with Gasteiger partial charge in [-0.15, -0.1) is 0 Å². The van der Waals surface area contributed by atoms with Crippen molar-refractivity contribution >= 4 is 28.5 Å². The van der Waals surface area contributed by atoms with E-state index in [1.165, 1.54) is 0 Å². The van der Waals surface area contributed by atoms with Gasteiger partial charge in [0.05, 0.1) is 5.54 Å². The maximum atomic E-state index is 12.7. The summed E-state index contributed by atoms with van der Waals surface area (Å²) in [6.07, 6.45) is 1.34. The standard InChI is InChI=1S/C27H30N2O3/c1-5-27(29-25(31)32-26(2,3)4)17-23(27)19-12-14-22(15-13-19)28-24(30)21-11-10-18-8-6-7-9-20(18)16-21/h6-16,23H,5,17H2,1-4H3,(H,28,30)(H,29,31). The lowest BCUT2D eigenvalue weighted by Crippen LogP contribution is -2.41. The number of hydrogen-bond acceptors (Lipinski definition) is 3. The van der Waals surface area contributed by atoms with Crippen LogP contribution in [0.5, 0.6) is 0 Å². The first-order chi connectivity index (χ1) is 15.2. The van der Waals surface area contributed by atoms with Gasteiger partial charge in [0.1, 0.15) is 5.60 Å². The van der Waals surface area contributed by atoms with Gasteiger partial charge in [-0.3, -0.25) is 4.79 Å². The second-order valence-corrected chi connectivity index (χ2v) is 9.53. The predicted octanol–water partition coefficient (Wildman–Crippen LogP) is 6.25. The zero-order valence-corrected chi connectivity index (χ0v) is 19.1. The van der Waals surface area contributed by atoms with Gasteiger partial charge in [-0.2, -0.15) is 0 Å². The molecule has 2 atom stereocenters. The van der Waals surface area contributed by atoms with Crippen molar-refractivity contribution in [3.63, 3.8) is 0 Å². The number of hydrogen-bond donors (Lipinski definition) is 2. The van der Waals surface area contributed by atoms with Gasteiger partial charge in [0.2, 0.25) is 0 Å². The summed E-state index contributed by atoms with van der Waals surface area (Å²) in [5, 5.41) is 8.20. The summed E-state index contributed by atoms with van der Waals surface area (Å²) in [7, 11) is 0. The van der Waals surface area contributed by atoms with Crippen LogP contribution in [0.25, 0.3) is 10.8 Å². The van der Waals surface area contributed by atoms with Gasteiger partial charge >= 0.3 is 6.09 Å². The van der Waals surface area contributed by atoms with Crippen molar-refractivity contribution in [2.75, 3.05) is 5.32 Å². The van der Waals surface area contributed by atoms with E-state index in [-0.39, 0.29) is 23.5 Å². The number of fused-ring (bicyclic) bond motifs is 1. The van der Waals surface area contributed by atoms with E-state index in [4.69, 9.17) is 4.74 Å². The molecule has 5 heteroatoms.